The molecular formula is C11H14ClNO3. The summed E-state index contributed by atoms with van der Waals surface area (Å²) < 4.78 is 10.00. The third-order valence-electron chi connectivity index (χ3n) is 2.82. The van der Waals surface area contributed by atoms with Gasteiger partial charge in [-0.2, -0.15) is 0 Å². The van der Waals surface area contributed by atoms with Crippen LogP contribution in [-0.2, 0) is 4.74 Å². The van der Waals surface area contributed by atoms with Crippen LogP contribution in [0.1, 0.15) is 16.8 Å². The maximum Gasteiger partial charge on any atom is 0.258 e. The van der Waals surface area contributed by atoms with Crippen LogP contribution < -0.4 is 0 Å². The molecule has 0 N–H and O–H groups in total. The van der Waals surface area contributed by atoms with Gasteiger partial charge in [0, 0.05) is 26.1 Å². The van der Waals surface area contributed by atoms with Crippen LogP contribution in [0.2, 0.25) is 5.22 Å². The van der Waals surface area contributed by atoms with Crippen molar-refractivity contribution in [3.63, 3.8) is 0 Å². The summed E-state index contributed by atoms with van der Waals surface area (Å²) in [6, 6.07) is 1.61. The first kappa shape index (κ1) is 11.5. The highest BCUT2D eigenvalue weighted by Gasteiger charge is 2.28. The molecule has 16 heavy (non-hydrogen) atoms. The van der Waals surface area contributed by atoms with Crippen molar-refractivity contribution < 1.29 is 13.9 Å². The van der Waals surface area contributed by atoms with Gasteiger partial charge in [0.1, 0.15) is 0 Å². The van der Waals surface area contributed by atoms with Crippen LogP contribution in [0, 0.1) is 5.92 Å². The van der Waals surface area contributed by atoms with Gasteiger partial charge in [0.05, 0.1) is 18.4 Å². The molecule has 0 saturated carbocycles. The Morgan fingerprint density at radius 1 is 1.75 bits per heavy atom. The van der Waals surface area contributed by atoms with Crippen molar-refractivity contribution in [2.45, 2.75) is 6.42 Å². The van der Waals surface area contributed by atoms with E-state index in [1.807, 2.05) is 0 Å². The SMILES string of the molecule is COCC1CCN(C(=O)c2ccoc2Cl)C1. The molecule has 1 unspecified atom stereocenters. The number of nitrogens with zero attached hydrogens (tertiary/aromatic N) is 1. The second kappa shape index (κ2) is 4.89. The quantitative estimate of drug-likeness (QED) is 0.816. The Morgan fingerprint density at radius 2 is 2.56 bits per heavy atom. The number of halogens is 1. The minimum Gasteiger partial charge on any atom is -0.452 e. The first-order valence-electron chi connectivity index (χ1n) is 5.23. The van der Waals surface area contributed by atoms with Gasteiger partial charge in [-0.3, -0.25) is 4.79 Å². The summed E-state index contributed by atoms with van der Waals surface area (Å²) in [6.45, 7) is 2.19. The summed E-state index contributed by atoms with van der Waals surface area (Å²) in [6.07, 6.45) is 2.41. The lowest BCUT2D eigenvalue weighted by molar-refractivity contribution is 0.0775. The van der Waals surface area contributed by atoms with Crippen molar-refractivity contribution in [1.29, 1.82) is 0 Å². The number of rotatable bonds is 3. The molecule has 0 bridgehead atoms. The molecule has 0 aliphatic carbocycles. The maximum atomic E-state index is 12.0. The number of methoxy groups -OCH3 is 1. The molecule has 1 atom stereocenters. The van der Waals surface area contributed by atoms with Gasteiger partial charge in [0.25, 0.3) is 5.91 Å². The zero-order chi connectivity index (χ0) is 11.5. The lowest BCUT2D eigenvalue weighted by Gasteiger charge is -2.15. The second-order valence-corrected chi connectivity index (χ2v) is 4.31. The van der Waals surface area contributed by atoms with Crippen molar-refractivity contribution >= 4 is 17.5 Å². The van der Waals surface area contributed by atoms with Crippen LogP contribution in [0.3, 0.4) is 0 Å². The average Bonchev–Trinajstić information content (AvgIpc) is 2.87. The fourth-order valence-electron chi connectivity index (χ4n) is 2.01. The lowest BCUT2D eigenvalue weighted by atomic mass is 10.1. The summed E-state index contributed by atoms with van der Waals surface area (Å²) >= 11 is 5.77. The van der Waals surface area contributed by atoms with Gasteiger partial charge < -0.3 is 14.1 Å². The Balaban J connectivity index is 2.00. The van der Waals surface area contributed by atoms with Gasteiger partial charge >= 0.3 is 0 Å². The number of furan rings is 1. The van der Waals surface area contributed by atoms with E-state index >= 15 is 0 Å². The predicted octanol–water partition coefficient (Wildman–Crippen LogP) is 2.04. The summed E-state index contributed by atoms with van der Waals surface area (Å²) in [5, 5.41) is 0.167. The van der Waals surface area contributed by atoms with Crippen molar-refractivity contribution in [3.8, 4) is 0 Å². The molecular weight excluding hydrogens is 230 g/mol. The maximum absolute atomic E-state index is 12.0. The third-order valence-corrected chi connectivity index (χ3v) is 3.12. The summed E-state index contributed by atoms with van der Waals surface area (Å²) in [5.41, 5.74) is 0.444. The van der Waals surface area contributed by atoms with Gasteiger partial charge in [-0.25, -0.2) is 0 Å². The van der Waals surface area contributed by atoms with E-state index in [1.54, 1.807) is 18.1 Å². The van der Waals surface area contributed by atoms with Gasteiger partial charge in [-0.15, -0.1) is 0 Å². The molecule has 0 spiro atoms. The number of carbonyl (C=O) groups is 1. The van der Waals surface area contributed by atoms with E-state index in [4.69, 9.17) is 20.8 Å². The summed E-state index contributed by atoms with van der Waals surface area (Å²) in [4.78, 5) is 13.8. The third kappa shape index (κ3) is 2.23. The standard InChI is InChI=1S/C11H14ClNO3/c1-15-7-8-2-4-13(6-8)11(14)9-3-5-16-10(9)12/h3,5,8H,2,4,6-7H2,1H3. The largest absolute Gasteiger partial charge is 0.452 e. The van der Waals surface area contributed by atoms with Gasteiger partial charge in [0.2, 0.25) is 5.22 Å². The molecule has 1 aliphatic heterocycles. The number of carbonyl (C=O) groups excluding carboxylic acids is 1. The average molecular weight is 244 g/mol. The van der Waals surface area contributed by atoms with Crippen molar-refractivity contribution in [3.05, 3.63) is 23.1 Å². The summed E-state index contributed by atoms with van der Waals surface area (Å²) in [7, 11) is 1.68. The van der Waals surface area contributed by atoms with Crippen LogP contribution in [0.15, 0.2) is 16.7 Å². The molecule has 4 nitrogen and oxygen atoms in total. The molecule has 0 aromatic carbocycles. The fourth-order valence-corrected chi connectivity index (χ4v) is 2.20. The van der Waals surface area contributed by atoms with Crippen molar-refractivity contribution in [2.24, 2.45) is 5.92 Å². The zero-order valence-corrected chi connectivity index (χ0v) is 9.87. The molecule has 5 heteroatoms. The zero-order valence-electron chi connectivity index (χ0n) is 9.11. The van der Waals surface area contributed by atoms with Gasteiger partial charge in [-0.05, 0) is 24.1 Å². The Labute approximate surface area is 99.1 Å². The Kier molecular flexibility index (Phi) is 3.51. The van der Waals surface area contributed by atoms with E-state index in [-0.39, 0.29) is 11.1 Å². The minimum atomic E-state index is -0.0580. The highest BCUT2D eigenvalue weighted by molar-refractivity contribution is 6.32. The van der Waals surface area contributed by atoms with E-state index in [1.165, 1.54) is 6.26 Å². The van der Waals surface area contributed by atoms with Gasteiger partial charge in [-0.1, -0.05) is 0 Å². The summed E-state index contributed by atoms with van der Waals surface area (Å²) in [5.74, 6) is 0.372. The normalized spacial score (nSPS) is 20.4. The molecule has 0 radical (unpaired) electrons. The highest BCUT2D eigenvalue weighted by atomic mass is 35.5. The molecule has 1 saturated heterocycles. The van der Waals surface area contributed by atoms with E-state index in [0.717, 1.165) is 19.5 Å². The van der Waals surface area contributed by atoms with Crippen LogP contribution in [0.5, 0.6) is 0 Å². The topological polar surface area (TPSA) is 42.7 Å². The molecule has 1 aromatic heterocycles. The van der Waals surface area contributed by atoms with Gasteiger partial charge in [0.15, 0.2) is 0 Å². The lowest BCUT2D eigenvalue weighted by Crippen LogP contribution is -2.29. The van der Waals surface area contributed by atoms with E-state index in [2.05, 4.69) is 0 Å². The Hall–Kier alpha value is -1.00. The fraction of sp³-hybridized carbons (Fsp3) is 0.545. The first-order valence-corrected chi connectivity index (χ1v) is 5.61. The Morgan fingerprint density at radius 3 is 3.19 bits per heavy atom. The molecule has 1 aromatic rings. The van der Waals surface area contributed by atoms with Crippen LogP contribution in [0.25, 0.3) is 0 Å². The first-order chi connectivity index (χ1) is 7.72. The minimum absolute atomic E-state index is 0.0580. The molecule has 88 valence electrons. The molecule has 1 amide bonds. The van der Waals surface area contributed by atoms with Crippen molar-refractivity contribution in [2.75, 3.05) is 26.8 Å². The molecule has 2 heterocycles. The number of hydrogen-bond acceptors (Lipinski definition) is 3. The molecule has 2 rings (SSSR count). The highest BCUT2D eigenvalue weighted by Crippen LogP contribution is 2.23. The number of hydrogen-bond donors (Lipinski definition) is 0. The number of likely N-dealkylation sites (tertiary alicyclic amines) is 1. The smallest absolute Gasteiger partial charge is 0.258 e. The van der Waals surface area contributed by atoms with Crippen LogP contribution in [0.4, 0.5) is 0 Å². The van der Waals surface area contributed by atoms with E-state index in [0.29, 0.717) is 18.1 Å². The number of amides is 1. The van der Waals surface area contributed by atoms with E-state index in [9.17, 15) is 4.79 Å². The Bertz CT molecular complexity index is 377. The monoisotopic (exact) mass is 243 g/mol. The van der Waals surface area contributed by atoms with Crippen LogP contribution in [-0.4, -0.2) is 37.6 Å². The predicted molar refractivity (Wildman–Crippen MR) is 59.6 cm³/mol. The van der Waals surface area contributed by atoms with Crippen LogP contribution >= 0.6 is 11.6 Å². The van der Waals surface area contributed by atoms with Crippen molar-refractivity contribution in [1.82, 2.24) is 4.90 Å². The number of ether oxygens (including phenoxy) is 1. The van der Waals surface area contributed by atoms with E-state index < -0.39 is 0 Å². The molecule has 1 fully saturated rings. The molecule has 1 aliphatic rings. The second-order valence-electron chi connectivity index (χ2n) is 3.97.